The number of halogens is 3. The number of ether oxygens (including phenoxy) is 1. The Labute approximate surface area is 200 Å². The van der Waals surface area contributed by atoms with Crippen molar-refractivity contribution in [1.82, 2.24) is 10.2 Å². The van der Waals surface area contributed by atoms with E-state index in [1.54, 1.807) is 24.3 Å². The molecule has 2 saturated heterocycles. The predicted octanol–water partition coefficient (Wildman–Crippen LogP) is 5.51. The summed E-state index contributed by atoms with van der Waals surface area (Å²) in [6.45, 7) is 0.304. The molecule has 2 aliphatic rings. The molecule has 0 aromatic heterocycles. The topological polar surface area (TPSA) is 78.9 Å². The number of nitrogens with zero attached hydrogens (tertiary/aromatic N) is 1. The fourth-order valence-corrected chi connectivity index (χ4v) is 5.02. The number of benzene rings is 2. The van der Waals surface area contributed by atoms with Crippen LogP contribution >= 0.6 is 23.2 Å². The first-order valence-corrected chi connectivity index (χ1v) is 11.4. The van der Waals surface area contributed by atoms with Gasteiger partial charge in [-0.15, -0.1) is 0 Å². The summed E-state index contributed by atoms with van der Waals surface area (Å²) in [5.41, 5.74) is 1.23. The minimum atomic E-state index is -1.10. The van der Waals surface area contributed by atoms with E-state index in [2.05, 4.69) is 5.32 Å². The lowest BCUT2D eigenvalue weighted by Crippen LogP contribution is -2.52. The van der Waals surface area contributed by atoms with Crippen molar-refractivity contribution in [1.29, 1.82) is 0 Å². The summed E-state index contributed by atoms with van der Waals surface area (Å²) < 4.78 is 20.4. The maximum Gasteiger partial charge on any atom is 0.328 e. The second-order valence-electron chi connectivity index (χ2n) is 8.26. The van der Waals surface area contributed by atoms with E-state index in [1.165, 1.54) is 18.2 Å². The highest BCUT2D eigenvalue weighted by molar-refractivity contribution is 6.35. The Bertz CT molecular complexity index is 1080. The number of carboxylic acid groups (broad SMARTS) is 1. The Morgan fingerprint density at radius 3 is 2.52 bits per heavy atom. The molecule has 6 nitrogen and oxygen atoms in total. The van der Waals surface area contributed by atoms with Crippen molar-refractivity contribution < 1.29 is 23.8 Å². The normalized spacial score (nSPS) is 21.9. The number of hydrogen-bond donors (Lipinski definition) is 2. The van der Waals surface area contributed by atoms with Crippen LogP contribution < -0.4 is 10.1 Å². The lowest BCUT2D eigenvalue weighted by Gasteiger charge is -2.38. The van der Waals surface area contributed by atoms with Gasteiger partial charge in [-0.3, -0.25) is 0 Å². The molecule has 2 fully saturated rings. The highest BCUT2D eigenvalue weighted by Gasteiger charge is 2.44. The van der Waals surface area contributed by atoms with Gasteiger partial charge in [0.2, 0.25) is 0 Å². The first kappa shape index (κ1) is 23.4. The molecule has 0 radical (unpaired) electrons. The van der Waals surface area contributed by atoms with Crippen LogP contribution in [0.1, 0.15) is 36.8 Å². The average Bonchev–Trinajstić information content (AvgIpc) is 3.03. The zero-order valence-electron chi connectivity index (χ0n) is 17.6. The van der Waals surface area contributed by atoms with E-state index in [0.717, 1.165) is 24.5 Å². The highest BCUT2D eigenvalue weighted by Crippen LogP contribution is 2.38. The molecule has 3 atom stereocenters. The molecule has 0 saturated carbocycles. The van der Waals surface area contributed by atoms with Crippen LogP contribution in [0.2, 0.25) is 10.0 Å². The van der Waals surface area contributed by atoms with Crippen LogP contribution in [0.4, 0.5) is 9.18 Å². The quantitative estimate of drug-likeness (QED) is 0.520. The molecular weight excluding hydrogens is 470 g/mol. The second kappa shape index (κ2) is 10.0. The molecular formula is C24H23Cl2FN2O4. The van der Waals surface area contributed by atoms with E-state index in [9.17, 15) is 14.0 Å². The van der Waals surface area contributed by atoms with E-state index in [-0.39, 0.29) is 30.0 Å². The number of hydrogen-bond acceptors (Lipinski definition) is 3. The van der Waals surface area contributed by atoms with Crippen LogP contribution in [-0.2, 0) is 11.3 Å². The van der Waals surface area contributed by atoms with Gasteiger partial charge in [-0.1, -0.05) is 35.3 Å². The van der Waals surface area contributed by atoms with Crippen molar-refractivity contribution in [2.45, 2.75) is 50.4 Å². The van der Waals surface area contributed by atoms with Crippen molar-refractivity contribution in [3.63, 3.8) is 0 Å². The van der Waals surface area contributed by atoms with Gasteiger partial charge < -0.3 is 20.1 Å². The maximum atomic E-state index is 14.5. The van der Waals surface area contributed by atoms with E-state index in [4.69, 9.17) is 33.0 Å². The van der Waals surface area contributed by atoms with E-state index in [0.29, 0.717) is 35.0 Å². The van der Waals surface area contributed by atoms with Gasteiger partial charge in [-0.05, 0) is 54.3 Å². The monoisotopic (exact) mass is 492 g/mol. The molecule has 4 rings (SSSR count). The summed E-state index contributed by atoms with van der Waals surface area (Å²) in [6, 6.07) is 9.43. The number of nitrogens with one attached hydrogen (secondary N) is 1. The minimum absolute atomic E-state index is 0.0234. The summed E-state index contributed by atoms with van der Waals surface area (Å²) in [7, 11) is 0. The van der Waals surface area contributed by atoms with Crippen LogP contribution in [-0.4, -0.2) is 40.2 Å². The zero-order chi connectivity index (χ0) is 23.5. The average molecular weight is 493 g/mol. The van der Waals surface area contributed by atoms with Crippen LogP contribution in [0, 0.1) is 5.82 Å². The molecule has 174 valence electrons. The van der Waals surface area contributed by atoms with Crippen LogP contribution in [0.15, 0.2) is 42.5 Å². The Balaban J connectivity index is 1.35. The molecule has 2 heterocycles. The Morgan fingerprint density at radius 1 is 1.15 bits per heavy atom. The number of carboxylic acids is 1. The highest BCUT2D eigenvalue weighted by atomic mass is 35.5. The number of piperidine rings is 1. The fraction of sp³-hybridized carbons (Fsp3) is 0.333. The number of fused-ring (bicyclic) bond motifs is 2. The van der Waals surface area contributed by atoms with Gasteiger partial charge in [-0.25, -0.2) is 14.0 Å². The van der Waals surface area contributed by atoms with Crippen molar-refractivity contribution in [2.24, 2.45) is 0 Å². The van der Waals surface area contributed by atoms with Crippen LogP contribution in [0.5, 0.6) is 5.75 Å². The first-order valence-electron chi connectivity index (χ1n) is 10.7. The largest absolute Gasteiger partial charge is 0.487 e. The predicted molar refractivity (Wildman–Crippen MR) is 124 cm³/mol. The number of urea groups is 1. The molecule has 0 aliphatic carbocycles. The smallest absolute Gasteiger partial charge is 0.328 e. The fourth-order valence-electron chi connectivity index (χ4n) is 4.55. The van der Waals surface area contributed by atoms with Crippen LogP contribution in [0.3, 0.4) is 0 Å². The lowest BCUT2D eigenvalue weighted by molar-refractivity contribution is -0.131. The molecule has 2 bridgehead atoms. The SMILES string of the molecule is O=C(O)/C=C/c1ccc(O[C@H]2C[C@H]3CC[C@@H](C2)N3C(=O)NCc2ccc(Cl)cc2Cl)c(F)c1. The maximum absolute atomic E-state index is 14.5. The number of carbonyl (C=O) groups excluding carboxylic acids is 1. The number of rotatable bonds is 6. The minimum Gasteiger partial charge on any atom is -0.487 e. The lowest BCUT2D eigenvalue weighted by atomic mass is 10.00. The number of amides is 2. The Kier molecular flexibility index (Phi) is 7.10. The van der Waals surface area contributed by atoms with Gasteiger partial charge in [0.15, 0.2) is 11.6 Å². The Hall–Kier alpha value is -2.77. The van der Waals surface area contributed by atoms with E-state index >= 15 is 0 Å². The van der Waals surface area contributed by atoms with Gasteiger partial charge in [0.25, 0.3) is 0 Å². The molecule has 9 heteroatoms. The van der Waals surface area contributed by atoms with E-state index < -0.39 is 11.8 Å². The van der Waals surface area contributed by atoms with Gasteiger partial charge in [-0.2, -0.15) is 0 Å². The number of carbonyl (C=O) groups is 2. The molecule has 2 N–H and O–H groups in total. The second-order valence-corrected chi connectivity index (χ2v) is 9.10. The molecule has 2 aromatic carbocycles. The summed E-state index contributed by atoms with van der Waals surface area (Å²) in [6.07, 6.45) is 5.06. The summed E-state index contributed by atoms with van der Waals surface area (Å²) in [4.78, 5) is 25.4. The van der Waals surface area contributed by atoms with Gasteiger partial charge in [0.05, 0.1) is 0 Å². The molecule has 33 heavy (non-hydrogen) atoms. The summed E-state index contributed by atoms with van der Waals surface area (Å²) in [5, 5.41) is 12.7. The molecule has 2 aliphatic heterocycles. The van der Waals surface area contributed by atoms with Crippen LogP contribution in [0.25, 0.3) is 6.08 Å². The third kappa shape index (κ3) is 5.60. The van der Waals surface area contributed by atoms with Crippen molar-refractivity contribution in [2.75, 3.05) is 0 Å². The number of aliphatic carboxylic acids is 1. The summed E-state index contributed by atoms with van der Waals surface area (Å²) in [5.74, 6) is -1.52. The van der Waals surface area contributed by atoms with Gasteiger partial charge in [0.1, 0.15) is 6.10 Å². The Morgan fingerprint density at radius 2 is 1.88 bits per heavy atom. The summed E-state index contributed by atoms with van der Waals surface area (Å²) >= 11 is 12.1. The molecule has 2 amide bonds. The zero-order valence-corrected chi connectivity index (χ0v) is 19.2. The van der Waals surface area contributed by atoms with E-state index in [1.807, 2.05) is 4.90 Å². The molecule has 0 spiro atoms. The van der Waals surface area contributed by atoms with Crippen molar-refractivity contribution in [3.05, 3.63) is 69.5 Å². The molecule has 0 unspecified atom stereocenters. The standard InChI is InChI=1S/C24H23Cl2FN2O4/c25-16-4-3-15(20(26)10-16)13-28-24(32)29-17-5-6-18(29)12-19(11-17)33-22-7-1-14(9-21(22)27)2-8-23(30)31/h1-4,7-10,17-19H,5-6,11-13H2,(H,28,32)(H,30,31)/b8-2+/t17-,18+,19+. The van der Waals surface area contributed by atoms with Gasteiger partial charge >= 0.3 is 12.0 Å². The first-order chi connectivity index (χ1) is 15.8. The van der Waals surface area contributed by atoms with Crippen molar-refractivity contribution >= 4 is 41.3 Å². The third-order valence-corrected chi connectivity index (χ3v) is 6.62. The van der Waals surface area contributed by atoms with Gasteiger partial charge in [0, 0.05) is 47.6 Å². The third-order valence-electron chi connectivity index (χ3n) is 6.04. The van der Waals surface area contributed by atoms with Crippen molar-refractivity contribution in [3.8, 4) is 5.75 Å². The molecule has 2 aromatic rings.